The molecular weight excluding hydrogens is 369 g/mol. The van der Waals surface area contributed by atoms with Gasteiger partial charge in [-0.25, -0.2) is 12.8 Å². The highest BCUT2D eigenvalue weighted by Crippen LogP contribution is 2.17. The van der Waals surface area contributed by atoms with Gasteiger partial charge in [0.1, 0.15) is 11.7 Å². The van der Waals surface area contributed by atoms with Crippen LogP contribution in [0.4, 0.5) is 10.1 Å². The summed E-state index contributed by atoms with van der Waals surface area (Å²) in [6.07, 6.45) is 2.12. The number of aliphatic imine (C=N–C) groups is 1. The number of amidine groups is 1. The smallest absolute Gasteiger partial charge is 0.262 e. The van der Waals surface area contributed by atoms with E-state index < -0.39 is 10.0 Å². The Labute approximate surface area is 157 Å². The van der Waals surface area contributed by atoms with Crippen molar-refractivity contribution in [3.8, 4) is 0 Å². The molecule has 1 aliphatic rings. The molecule has 6 nitrogen and oxygen atoms in total. The lowest BCUT2D eigenvalue weighted by Crippen LogP contribution is -2.29. The van der Waals surface area contributed by atoms with Gasteiger partial charge in [0.25, 0.3) is 10.0 Å². The second kappa shape index (κ2) is 8.30. The van der Waals surface area contributed by atoms with Gasteiger partial charge in [-0.05, 0) is 48.7 Å². The number of benzene rings is 2. The number of amides is 1. The predicted octanol–water partition coefficient (Wildman–Crippen LogP) is 2.87. The van der Waals surface area contributed by atoms with Crippen LogP contribution < -0.4 is 10.0 Å². The number of hydrogen-bond acceptors (Lipinski definition) is 4. The molecule has 0 saturated carbocycles. The van der Waals surface area contributed by atoms with Gasteiger partial charge in [0.15, 0.2) is 0 Å². The first kappa shape index (κ1) is 19.0. The molecule has 0 saturated heterocycles. The topological polar surface area (TPSA) is 87.6 Å². The van der Waals surface area contributed by atoms with Gasteiger partial charge in [-0.2, -0.15) is 0 Å². The van der Waals surface area contributed by atoms with Gasteiger partial charge in [0.2, 0.25) is 5.91 Å². The first-order valence-electron chi connectivity index (χ1n) is 8.63. The zero-order valence-corrected chi connectivity index (χ0v) is 15.4. The summed E-state index contributed by atoms with van der Waals surface area (Å²) in [6, 6.07) is 12.0. The highest BCUT2D eigenvalue weighted by atomic mass is 32.2. The van der Waals surface area contributed by atoms with Crippen molar-refractivity contribution in [3.05, 3.63) is 59.9 Å². The van der Waals surface area contributed by atoms with Gasteiger partial charge in [-0.1, -0.05) is 18.2 Å². The van der Waals surface area contributed by atoms with E-state index in [1.165, 1.54) is 24.3 Å². The number of sulfonamides is 1. The quantitative estimate of drug-likeness (QED) is 0.796. The Balaban J connectivity index is 1.61. The van der Waals surface area contributed by atoms with Gasteiger partial charge in [0.05, 0.1) is 4.90 Å². The number of nitrogens with zero attached hydrogens (tertiary/aromatic N) is 1. The van der Waals surface area contributed by atoms with Gasteiger partial charge in [-0.3, -0.25) is 14.5 Å². The molecule has 142 valence electrons. The number of aryl methyl sites for hydroxylation is 1. The summed E-state index contributed by atoms with van der Waals surface area (Å²) in [7, 11) is -3.73. The summed E-state index contributed by atoms with van der Waals surface area (Å²) < 4.78 is 40.2. The van der Waals surface area contributed by atoms with E-state index in [0.717, 1.165) is 12.0 Å². The molecule has 0 atom stereocenters. The zero-order chi connectivity index (χ0) is 19.3. The summed E-state index contributed by atoms with van der Waals surface area (Å²) in [5.41, 5.74) is 1.25. The SMILES string of the molecule is O=C(CCc1ccc(F)cc1)Nc1cccc(S(=O)(=O)NC2=NCCC2)c1. The Morgan fingerprint density at radius 1 is 1.15 bits per heavy atom. The van der Waals surface area contributed by atoms with Gasteiger partial charge in [-0.15, -0.1) is 0 Å². The molecule has 0 unspecified atom stereocenters. The minimum Gasteiger partial charge on any atom is -0.326 e. The van der Waals surface area contributed by atoms with Crippen molar-refractivity contribution in [2.75, 3.05) is 11.9 Å². The highest BCUT2D eigenvalue weighted by Gasteiger charge is 2.18. The van der Waals surface area contributed by atoms with Crippen LogP contribution in [0.25, 0.3) is 0 Å². The molecule has 27 heavy (non-hydrogen) atoms. The largest absolute Gasteiger partial charge is 0.326 e. The zero-order valence-electron chi connectivity index (χ0n) is 14.6. The molecule has 0 aliphatic carbocycles. The Kier molecular flexibility index (Phi) is 5.85. The van der Waals surface area contributed by atoms with Gasteiger partial charge < -0.3 is 5.32 Å². The summed E-state index contributed by atoms with van der Waals surface area (Å²) in [6.45, 7) is 0.627. The Bertz CT molecular complexity index is 956. The monoisotopic (exact) mass is 389 g/mol. The lowest BCUT2D eigenvalue weighted by Gasteiger charge is -2.10. The normalized spacial score (nSPS) is 13.9. The van der Waals surface area contributed by atoms with E-state index in [0.29, 0.717) is 30.9 Å². The number of anilines is 1. The average molecular weight is 389 g/mol. The van der Waals surface area contributed by atoms with Crippen LogP contribution >= 0.6 is 0 Å². The summed E-state index contributed by atoms with van der Waals surface area (Å²) in [4.78, 5) is 16.3. The van der Waals surface area contributed by atoms with Crippen molar-refractivity contribution in [3.63, 3.8) is 0 Å². The molecule has 0 bridgehead atoms. The Morgan fingerprint density at radius 3 is 2.63 bits per heavy atom. The second-order valence-corrected chi connectivity index (χ2v) is 7.92. The van der Waals surface area contributed by atoms with Crippen LogP contribution in [0.15, 0.2) is 58.4 Å². The standard InChI is InChI=1S/C19H20FN3O3S/c20-15-9-6-14(7-10-15)8-11-19(24)22-16-3-1-4-17(13-16)27(25,26)23-18-5-2-12-21-18/h1,3-4,6-7,9-10,13H,2,5,8,11-12H2,(H,21,23)(H,22,24). The molecule has 0 spiro atoms. The van der Waals surface area contributed by atoms with Crippen LogP contribution in [0.2, 0.25) is 0 Å². The van der Waals surface area contributed by atoms with Crippen LogP contribution in [0.1, 0.15) is 24.8 Å². The second-order valence-electron chi connectivity index (χ2n) is 6.24. The molecule has 0 radical (unpaired) electrons. The van der Waals surface area contributed by atoms with E-state index in [1.807, 2.05) is 0 Å². The van der Waals surface area contributed by atoms with Crippen molar-refractivity contribution in [2.45, 2.75) is 30.6 Å². The molecular formula is C19H20FN3O3S. The minimum atomic E-state index is -3.73. The average Bonchev–Trinajstić information content (AvgIpc) is 3.14. The third-order valence-corrected chi connectivity index (χ3v) is 5.49. The number of halogens is 1. The Hall–Kier alpha value is -2.74. The first-order valence-corrected chi connectivity index (χ1v) is 10.1. The summed E-state index contributed by atoms with van der Waals surface area (Å²) in [5, 5.41) is 2.69. The molecule has 1 heterocycles. The van der Waals surface area contributed by atoms with Crippen LogP contribution in [-0.4, -0.2) is 26.7 Å². The van der Waals surface area contributed by atoms with Crippen LogP contribution in [0.3, 0.4) is 0 Å². The lowest BCUT2D eigenvalue weighted by molar-refractivity contribution is -0.116. The fourth-order valence-electron chi connectivity index (χ4n) is 2.71. The Morgan fingerprint density at radius 2 is 1.93 bits per heavy atom. The van der Waals surface area contributed by atoms with Crippen molar-refractivity contribution in [1.29, 1.82) is 0 Å². The van der Waals surface area contributed by atoms with E-state index in [-0.39, 0.29) is 23.0 Å². The maximum Gasteiger partial charge on any atom is 0.262 e. The number of hydrogen-bond donors (Lipinski definition) is 2. The molecule has 2 aromatic carbocycles. The first-order chi connectivity index (χ1) is 12.9. The predicted molar refractivity (Wildman–Crippen MR) is 102 cm³/mol. The molecule has 3 rings (SSSR count). The summed E-state index contributed by atoms with van der Waals surface area (Å²) >= 11 is 0. The number of carbonyl (C=O) groups excluding carboxylic acids is 1. The number of rotatable bonds is 6. The van der Waals surface area contributed by atoms with Crippen molar-refractivity contribution >= 4 is 27.5 Å². The van der Waals surface area contributed by atoms with Crippen molar-refractivity contribution in [1.82, 2.24) is 4.72 Å². The fraction of sp³-hybridized carbons (Fsp3) is 0.263. The molecule has 2 aromatic rings. The van der Waals surface area contributed by atoms with Gasteiger partial charge in [0, 0.05) is 25.1 Å². The van der Waals surface area contributed by atoms with E-state index in [4.69, 9.17) is 0 Å². The van der Waals surface area contributed by atoms with Crippen LogP contribution in [0.5, 0.6) is 0 Å². The fourth-order valence-corrected chi connectivity index (χ4v) is 3.84. The number of carbonyl (C=O) groups is 1. The molecule has 1 amide bonds. The third kappa shape index (κ3) is 5.37. The van der Waals surface area contributed by atoms with Crippen molar-refractivity contribution < 1.29 is 17.6 Å². The van der Waals surface area contributed by atoms with Crippen LogP contribution in [0, 0.1) is 5.82 Å². The molecule has 2 N–H and O–H groups in total. The maximum absolute atomic E-state index is 12.9. The van der Waals surface area contributed by atoms with E-state index in [9.17, 15) is 17.6 Å². The molecule has 0 aromatic heterocycles. The third-order valence-electron chi connectivity index (χ3n) is 4.11. The molecule has 8 heteroatoms. The lowest BCUT2D eigenvalue weighted by atomic mass is 10.1. The van der Waals surface area contributed by atoms with E-state index >= 15 is 0 Å². The molecule has 0 fully saturated rings. The van der Waals surface area contributed by atoms with Crippen LogP contribution in [-0.2, 0) is 21.2 Å². The van der Waals surface area contributed by atoms with E-state index in [2.05, 4.69) is 15.0 Å². The maximum atomic E-state index is 12.9. The minimum absolute atomic E-state index is 0.0634. The highest BCUT2D eigenvalue weighted by molar-refractivity contribution is 7.90. The summed E-state index contributed by atoms with van der Waals surface area (Å²) in [5.74, 6) is -0.107. The van der Waals surface area contributed by atoms with E-state index in [1.54, 1.807) is 24.3 Å². The molecule has 1 aliphatic heterocycles. The van der Waals surface area contributed by atoms with Gasteiger partial charge >= 0.3 is 0 Å². The van der Waals surface area contributed by atoms with Crippen molar-refractivity contribution in [2.24, 2.45) is 4.99 Å². The number of nitrogens with one attached hydrogen (secondary N) is 2.